The number of benzene rings is 3. The molecule has 0 bridgehead atoms. The molecule has 0 saturated carbocycles. The zero-order valence-electron chi connectivity index (χ0n) is 17.4. The molecular formula is C25H20O6S. The minimum absolute atomic E-state index is 0.0441. The van der Waals surface area contributed by atoms with E-state index in [2.05, 4.69) is 0 Å². The van der Waals surface area contributed by atoms with Crippen molar-refractivity contribution in [1.29, 1.82) is 0 Å². The van der Waals surface area contributed by atoms with Gasteiger partial charge in [0.1, 0.15) is 22.1 Å². The number of methoxy groups -OCH3 is 1. The molecule has 4 rings (SSSR count). The van der Waals surface area contributed by atoms with Gasteiger partial charge in [0.2, 0.25) is 5.78 Å². The van der Waals surface area contributed by atoms with Gasteiger partial charge in [-0.15, -0.1) is 0 Å². The summed E-state index contributed by atoms with van der Waals surface area (Å²) in [5, 5.41) is 0. The minimum atomic E-state index is -4.00. The number of allylic oxidation sites excluding steroid dienone is 3. The van der Waals surface area contributed by atoms with E-state index in [1.807, 2.05) is 31.2 Å². The second-order valence-corrected chi connectivity index (χ2v) is 8.62. The highest BCUT2D eigenvalue weighted by molar-refractivity contribution is 7.87. The standard InChI is InChI=1S/C25H20O6S/c1-17-10-13-20(14-11-17)32(27,28)31-19-12-15-21-24(16-19)30-23(25(21)26)9-5-7-18-6-3-4-8-22(18)29-2/h3-16H,1-2H3. The highest BCUT2D eigenvalue weighted by Gasteiger charge is 2.28. The minimum Gasteiger partial charge on any atom is -0.496 e. The van der Waals surface area contributed by atoms with Crippen LogP contribution in [0.15, 0.2) is 89.5 Å². The number of hydrogen-bond acceptors (Lipinski definition) is 6. The highest BCUT2D eigenvalue weighted by Crippen LogP contribution is 2.35. The number of hydrogen-bond donors (Lipinski definition) is 0. The van der Waals surface area contributed by atoms with Crippen molar-refractivity contribution >= 4 is 22.0 Å². The summed E-state index contributed by atoms with van der Waals surface area (Å²) in [5.74, 6) is 0.842. The third kappa shape index (κ3) is 4.43. The fraction of sp³-hybridized carbons (Fsp3) is 0.0800. The molecule has 0 N–H and O–H groups in total. The van der Waals surface area contributed by atoms with Crippen LogP contribution in [0.5, 0.6) is 17.2 Å². The fourth-order valence-electron chi connectivity index (χ4n) is 3.16. The summed E-state index contributed by atoms with van der Waals surface area (Å²) < 4.78 is 41.2. The van der Waals surface area contributed by atoms with Crippen molar-refractivity contribution in [2.75, 3.05) is 7.11 Å². The van der Waals surface area contributed by atoms with Crippen LogP contribution in [-0.2, 0) is 10.1 Å². The van der Waals surface area contributed by atoms with Gasteiger partial charge in [-0.25, -0.2) is 0 Å². The van der Waals surface area contributed by atoms with Crippen LogP contribution in [0.4, 0.5) is 0 Å². The van der Waals surface area contributed by atoms with Crippen LogP contribution in [0.25, 0.3) is 6.08 Å². The van der Waals surface area contributed by atoms with Gasteiger partial charge in [-0.05, 0) is 43.3 Å². The predicted molar refractivity (Wildman–Crippen MR) is 121 cm³/mol. The van der Waals surface area contributed by atoms with Crippen molar-refractivity contribution < 1.29 is 26.9 Å². The van der Waals surface area contributed by atoms with Crippen molar-refractivity contribution in [3.05, 3.63) is 101 Å². The van der Waals surface area contributed by atoms with Gasteiger partial charge in [0, 0.05) is 11.6 Å². The lowest BCUT2D eigenvalue weighted by atomic mass is 10.1. The first-order valence-electron chi connectivity index (χ1n) is 9.76. The molecule has 1 aliphatic heterocycles. The van der Waals surface area contributed by atoms with Gasteiger partial charge in [0.25, 0.3) is 0 Å². The van der Waals surface area contributed by atoms with E-state index in [4.69, 9.17) is 13.7 Å². The molecule has 0 radical (unpaired) electrons. The van der Waals surface area contributed by atoms with Crippen LogP contribution in [0.1, 0.15) is 21.5 Å². The molecule has 3 aromatic carbocycles. The third-order valence-corrected chi connectivity index (χ3v) is 6.08. The third-order valence-electron chi connectivity index (χ3n) is 4.82. The SMILES string of the molecule is COc1ccccc1C=CC=C1Oc2cc(OS(=O)(=O)c3ccc(C)cc3)ccc2C1=O. The first-order valence-corrected chi connectivity index (χ1v) is 11.2. The maximum absolute atomic E-state index is 12.6. The molecule has 0 amide bonds. The zero-order valence-corrected chi connectivity index (χ0v) is 18.3. The van der Waals surface area contributed by atoms with Gasteiger partial charge >= 0.3 is 10.1 Å². The van der Waals surface area contributed by atoms with Gasteiger partial charge in [-0.1, -0.05) is 48.0 Å². The van der Waals surface area contributed by atoms with Gasteiger partial charge in [-0.3, -0.25) is 4.79 Å². The molecule has 6 nitrogen and oxygen atoms in total. The van der Waals surface area contributed by atoms with Gasteiger partial charge in [0.05, 0.1) is 12.7 Å². The Hall–Kier alpha value is -3.84. The number of rotatable bonds is 6. The number of carbonyl (C=O) groups is 1. The molecule has 0 spiro atoms. The van der Waals surface area contributed by atoms with E-state index in [0.29, 0.717) is 11.3 Å². The molecule has 1 heterocycles. The summed E-state index contributed by atoms with van der Waals surface area (Å²) in [7, 11) is -2.42. The molecule has 0 saturated heterocycles. The van der Waals surface area contributed by atoms with Crippen molar-refractivity contribution in [3.63, 3.8) is 0 Å². The van der Waals surface area contributed by atoms with Crippen molar-refractivity contribution in [1.82, 2.24) is 0 Å². The summed E-state index contributed by atoms with van der Waals surface area (Å²) in [5.41, 5.74) is 2.13. The fourth-order valence-corrected chi connectivity index (χ4v) is 4.08. The van der Waals surface area contributed by atoms with Gasteiger partial charge < -0.3 is 13.7 Å². The number of ether oxygens (including phenoxy) is 2. The highest BCUT2D eigenvalue weighted by atomic mass is 32.2. The Labute approximate surface area is 186 Å². The first-order chi connectivity index (χ1) is 15.4. The Morgan fingerprint density at radius 1 is 0.969 bits per heavy atom. The van der Waals surface area contributed by atoms with Crippen LogP contribution in [0.3, 0.4) is 0 Å². The van der Waals surface area contributed by atoms with E-state index in [1.165, 1.54) is 30.3 Å². The molecule has 162 valence electrons. The van der Waals surface area contributed by atoms with Gasteiger partial charge in [-0.2, -0.15) is 8.42 Å². The Kier molecular flexibility index (Phi) is 5.83. The van der Waals surface area contributed by atoms with E-state index in [1.54, 1.807) is 37.5 Å². The predicted octanol–water partition coefficient (Wildman–Crippen LogP) is 4.94. The molecule has 7 heteroatoms. The van der Waals surface area contributed by atoms with E-state index in [0.717, 1.165) is 11.1 Å². The smallest absolute Gasteiger partial charge is 0.339 e. The topological polar surface area (TPSA) is 78.9 Å². The van der Waals surface area contributed by atoms with E-state index < -0.39 is 10.1 Å². The summed E-state index contributed by atoms with van der Waals surface area (Å²) in [4.78, 5) is 12.6. The number of ketones is 1. The van der Waals surface area contributed by atoms with Gasteiger partial charge in [0.15, 0.2) is 5.76 Å². The monoisotopic (exact) mass is 448 g/mol. The second-order valence-electron chi connectivity index (χ2n) is 7.07. The largest absolute Gasteiger partial charge is 0.496 e. The van der Waals surface area contributed by atoms with Crippen LogP contribution < -0.4 is 13.7 Å². The number of fused-ring (bicyclic) bond motifs is 1. The lowest BCUT2D eigenvalue weighted by Gasteiger charge is -2.08. The molecule has 0 aromatic heterocycles. The van der Waals surface area contributed by atoms with Crippen LogP contribution in [0.2, 0.25) is 0 Å². The first kappa shape index (κ1) is 21.4. The van der Waals surface area contributed by atoms with Crippen molar-refractivity contribution in [3.8, 4) is 17.2 Å². The quantitative estimate of drug-likeness (QED) is 0.392. The number of aryl methyl sites for hydroxylation is 1. The Bertz CT molecular complexity index is 1340. The molecule has 1 aliphatic rings. The molecule has 3 aromatic rings. The van der Waals surface area contributed by atoms with Crippen molar-refractivity contribution in [2.45, 2.75) is 11.8 Å². The molecule has 0 aliphatic carbocycles. The van der Waals surface area contributed by atoms with Crippen LogP contribution >= 0.6 is 0 Å². The lowest BCUT2D eigenvalue weighted by molar-refractivity contribution is 0.101. The van der Waals surface area contributed by atoms with E-state index in [-0.39, 0.29) is 27.9 Å². The number of carbonyl (C=O) groups excluding carboxylic acids is 1. The summed E-state index contributed by atoms with van der Waals surface area (Å²) >= 11 is 0. The van der Waals surface area contributed by atoms with Crippen molar-refractivity contribution in [2.24, 2.45) is 0 Å². The second kappa shape index (κ2) is 8.72. The Morgan fingerprint density at radius 3 is 2.47 bits per heavy atom. The molecule has 0 fully saturated rings. The normalized spacial score (nSPS) is 14.4. The average molecular weight is 448 g/mol. The van der Waals surface area contributed by atoms with Crippen LogP contribution in [-0.4, -0.2) is 21.3 Å². The average Bonchev–Trinajstić information content (AvgIpc) is 3.09. The Morgan fingerprint density at radius 2 is 1.72 bits per heavy atom. The zero-order chi connectivity index (χ0) is 22.7. The molecule has 0 unspecified atom stereocenters. The summed E-state index contributed by atoms with van der Waals surface area (Å²) in [6, 6.07) is 18.1. The lowest BCUT2D eigenvalue weighted by Crippen LogP contribution is -2.09. The number of Topliss-reactive ketones (excluding diaryl/α,β-unsaturated/α-hetero) is 1. The maximum Gasteiger partial charge on any atom is 0.339 e. The Balaban J connectivity index is 1.52. The van der Waals surface area contributed by atoms with Crippen LogP contribution in [0, 0.1) is 6.92 Å². The molecule has 0 atom stereocenters. The maximum atomic E-state index is 12.6. The molecule has 32 heavy (non-hydrogen) atoms. The van der Waals surface area contributed by atoms with E-state index in [9.17, 15) is 13.2 Å². The van der Waals surface area contributed by atoms with E-state index >= 15 is 0 Å². The summed E-state index contributed by atoms with van der Waals surface area (Å²) in [6.07, 6.45) is 5.04. The molecular weight excluding hydrogens is 428 g/mol. The summed E-state index contributed by atoms with van der Waals surface area (Å²) in [6.45, 7) is 1.86. The number of para-hydroxylation sites is 1.